The summed E-state index contributed by atoms with van der Waals surface area (Å²) in [6.07, 6.45) is 1.09. The van der Waals surface area contributed by atoms with E-state index in [0.29, 0.717) is 6.04 Å². The first-order valence-corrected chi connectivity index (χ1v) is 6.86. The van der Waals surface area contributed by atoms with Crippen molar-refractivity contribution in [2.24, 2.45) is 0 Å². The molecule has 1 atom stereocenters. The summed E-state index contributed by atoms with van der Waals surface area (Å²) < 4.78 is 0. The highest BCUT2D eigenvalue weighted by atomic mass is 16.3. The van der Waals surface area contributed by atoms with Crippen LogP contribution in [0.15, 0.2) is 60.7 Å². The van der Waals surface area contributed by atoms with Crippen molar-refractivity contribution in [2.45, 2.75) is 18.5 Å². The maximum atomic E-state index is 9.46. The van der Waals surface area contributed by atoms with E-state index in [1.165, 1.54) is 11.1 Å². The van der Waals surface area contributed by atoms with Gasteiger partial charge in [0.25, 0.3) is 0 Å². The number of hydrogen-bond donors (Lipinski definition) is 1. The first-order chi connectivity index (χ1) is 9.40. The van der Waals surface area contributed by atoms with Gasteiger partial charge in [0.1, 0.15) is 0 Å². The van der Waals surface area contributed by atoms with Crippen molar-refractivity contribution in [2.75, 3.05) is 13.2 Å². The van der Waals surface area contributed by atoms with Gasteiger partial charge in [-0.2, -0.15) is 0 Å². The van der Waals surface area contributed by atoms with Gasteiger partial charge < -0.3 is 5.11 Å². The number of likely N-dealkylation sites (tertiary alicyclic amines) is 1. The Bertz CT molecular complexity index is 470. The van der Waals surface area contributed by atoms with Gasteiger partial charge in [0, 0.05) is 12.6 Å². The topological polar surface area (TPSA) is 23.5 Å². The molecule has 2 heteroatoms. The highest BCUT2D eigenvalue weighted by molar-refractivity contribution is 5.32. The highest BCUT2D eigenvalue weighted by Crippen LogP contribution is 2.35. The summed E-state index contributed by atoms with van der Waals surface area (Å²) in [5.74, 6) is 0. The molecule has 3 rings (SSSR count). The fraction of sp³-hybridized carbons (Fsp3) is 0.294. The molecule has 0 saturated carbocycles. The number of aliphatic hydroxyl groups is 1. The minimum absolute atomic E-state index is 0.246. The van der Waals surface area contributed by atoms with Gasteiger partial charge in [-0.15, -0.1) is 0 Å². The molecule has 0 aliphatic carbocycles. The van der Waals surface area contributed by atoms with Crippen molar-refractivity contribution in [1.29, 1.82) is 0 Å². The Morgan fingerprint density at radius 3 is 1.84 bits per heavy atom. The Kier molecular flexibility index (Phi) is 3.62. The lowest BCUT2D eigenvalue weighted by Crippen LogP contribution is -2.51. The maximum Gasteiger partial charge on any atom is 0.0605 e. The second-order valence-electron chi connectivity index (χ2n) is 5.09. The van der Waals surface area contributed by atoms with Crippen LogP contribution in [0.1, 0.15) is 23.6 Å². The van der Waals surface area contributed by atoms with Crippen LogP contribution < -0.4 is 0 Å². The third-order valence-corrected chi connectivity index (χ3v) is 3.96. The number of rotatable bonds is 4. The number of nitrogens with zero attached hydrogens (tertiary/aromatic N) is 1. The molecule has 1 aliphatic rings. The first kappa shape index (κ1) is 12.4. The molecule has 2 aromatic rings. The summed E-state index contributed by atoms with van der Waals surface area (Å²) in [7, 11) is 0. The molecule has 1 fully saturated rings. The zero-order valence-corrected chi connectivity index (χ0v) is 10.9. The standard InChI is InChI=1S/C17H19NO/c19-13-16-11-12-18(16)17(14-7-3-1-4-8-14)15-9-5-2-6-10-15/h1-10,16-17,19H,11-13H2/t16-/m0/s1. The highest BCUT2D eigenvalue weighted by Gasteiger charge is 2.34. The average Bonchev–Trinajstić information content (AvgIpc) is 2.46. The van der Waals surface area contributed by atoms with Crippen LogP contribution in [0, 0.1) is 0 Å². The molecule has 19 heavy (non-hydrogen) atoms. The predicted octanol–water partition coefficient (Wildman–Crippen LogP) is 2.84. The quantitative estimate of drug-likeness (QED) is 0.905. The molecule has 0 radical (unpaired) electrons. The van der Waals surface area contributed by atoms with Crippen LogP contribution in [-0.2, 0) is 0 Å². The number of hydrogen-bond acceptors (Lipinski definition) is 2. The number of aliphatic hydroxyl groups excluding tert-OH is 1. The summed E-state index contributed by atoms with van der Waals surface area (Å²) in [6, 6.07) is 21.7. The van der Waals surface area contributed by atoms with E-state index in [-0.39, 0.29) is 12.6 Å². The molecule has 1 saturated heterocycles. The van der Waals surface area contributed by atoms with Crippen LogP contribution in [0.3, 0.4) is 0 Å². The number of benzene rings is 2. The Morgan fingerprint density at radius 2 is 1.47 bits per heavy atom. The van der Waals surface area contributed by atoms with E-state index in [4.69, 9.17) is 0 Å². The fourth-order valence-electron chi connectivity index (χ4n) is 2.84. The SMILES string of the molecule is OC[C@@H]1CCN1C(c1ccccc1)c1ccccc1. The summed E-state index contributed by atoms with van der Waals surface area (Å²) >= 11 is 0. The van der Waals surface area contributed by atoms with Crippen LogP contribution in [0.5, 0.6) is 0 Å². The van der Waals surface area contributed by atoms with Crippen molar-refractivity contribution in [1.82, 2.24) is 4.90 Å². The molecule has 0 bridgehead atoms. The van der Waals surface area contributed by atoms with E-state index in [1.54, 1.807) is 0 Å². The van der Waals surface area contributed by atoms with Crippen molar-refractivity contribution in [3.05, 3.63) is 71.8 Å². The van der Waals surface area contributed by atoms with Crippen LogP contribution >= 0.6 is 0 Å². The van der Waals surface area contributed by atoms with E-state index in [0.717, 1.165) is 13.0 Å². The van der Waals surface area contributed by atoms with Crippen LogP contribution in [0.2, 0.25) is 0 Å². The molecule has 98 valence electrons. The fourth-order valence-corrected chi connectivity index (χ4v) is 2.84. The Morgan fingerprint density at radius 1 is 0.947 bits per heavy atom. The second kappa shape index (κ2) is 5.55. The van der Waals surface area contributed by atoms with Gasteiger partial charge in [-0.1, -0.05) is 60.7 Å². The van der Waals surface area contributed by atoms with Crippen molar-refractivity contribution in [3.8, 4) is 0 Å². The summed E-state index contributed by atoms with van der Waals surface area (Å²) in [4.78, 5) is 2.39. The predicted molar refractivity (Wildman–Crippen MR) is 76.9 cm³/mol. The van der Waals surface area contributed by atoms with E-state index in [9.17, 15) is 5.11 Å². The van der Waals surface area contributed by atoms with Crippen LogP contribution in [0.4, 0.5) is 0 Å². The summed E-state index contributed by atoms with van der Waals surface area (Å²) in [5.41, 5.74) is 2.60. The zero-order chi connectivity index (χ0) is 13.1. The molecule has 1 N–H and O–H groups in total. The molecule has 1 heterocycles. The van der Waals surface area contributed by atoms with Gasteiger partial charge in [-0.3, -0.25) is 4.90 Å². The molecular weight excluding hydrogens is 234 g/mol. The largest absolute Gasteiger partial charge is 0.395 e. The van der Waals surface area contributed by atoms with Gasteiger partial charge in [0.05, 0.1) is 12.6 Å². The van der Waals surface area contributed by atoms with Crippen molar-refractivity contribution < 1.29 is 5.11 Å². The average molecular weight is 253 g/mol. The summed E-state index contributed by atoms with van der Waals surface area (Å²) in [6.45, 7) is 1.30. The maximum absolute atomic E-state index is 9.46. The van der Waals surface area contributed by atoms with Crippen LogP contribution in [0.25, 0.3) is 0 Å². The second-order valence-corrected chi connectivity index (χ2v) is 5.09. The molecule has 0 unspecified atom stereocenters. The minimum atomic E-state index is 0.246. The van der Waals surface area contributed by atoms with E-state index < -0.39 is 0 Å². The van der Waals surface area contributed by atoms with Gasteiger partial charge in [0.2, 0.25) is 0 Å². The van der Waals surface area contributed by atoms with Gasteiger partial charge >= 0.3 is 0 Å². The lowest BCUT2D eigenvalue weighted by Gasteiger charge is -2.45. The lowest BCUT2D eigenvalue weighted by molar-refractivity contribution is 0.0174. The Balaban J connectivity index is 1.97. The van der Waals surface area contributed by atoms with Crippen molar-refractivity contribution >= 4 is 0 Å². The zero-order valence-electron chi connectivity index (χ0n) is 10.9. The summed E-state index contributed by atoms with van der Waals surface area (Å²) in [5, 5.41) is 9.46. The minimum Gasteiger partial charge on any atom is -0.395 e. The molecule has 0 spiro atoms. The molecule has 1 aliphatic heterocycles. The smallest absolute Gasteiger partial charge is 0.0605 e. The Labute approximate surface area is 114 Å². The molecule has 2 aromatic carbocycles. The van der Waals surface area contributed by atoms with Gasteiger partial charge in [-0.05, 0) is 17.5 Å². The first-order valence-electron chi connectivity index (χ1n) is 6.86. The monoisotopic (exact) mass is 253 g/mol. The third kappa shape index (κ3) is 2.42. The van der Waals surface area contributed by atoms with Gasteiger partial charge in [0.15, 0.2) is 0 Å². The van der Waals surface area contributed by atoms with E-state index in [2.05, 4.69) is 53.4 Å². The molecule has 0 aromatic heterocycles. The normalized spacial score (nSPS) is 19.4. The Hall–Kier alpha value is -1.64. The molecule has 0 amide bonds. The molecule has 2 nitrogen and oxygen atoms in total. The third-order valence-electron chi connectivity index (χ3n) is 3.96. The lowest BCUT2D eigenvalue weighted by atomic mass is 9.91. The van der Waals surface area contributed by atoms with Crippen molar-refractivity contribution in [3.63, 3.8) is 0 Å². The van der Waals surface area contributed by atoms with E-state index >= 15 is 0 Å². The van der Waals surface area contributed by atoms with Gasteiger partial charge in [-0.25, -0.2) is 0 Å². The van der Waals surface area contributed by atoms with Crippen LogP contribution in [-0.4, -0.2) is 29.2 Å². The van der Waals surface area contributed by atoms with E-state index in [1.807, 2.05) is 12.1 Å². The molecular formula is C17H19NO.